The molecule has 2 aliphatic rings. The molecule has 2 fully saturated rings. The van der Waals surface area contributed by atoms with Crippen molar-refractivity contribution in [1.29, 1.82) is 5.41 Å². The van der Waals surface area contributed by atoms with Crippen LogP contribution in [-0.4, -0.2) is 45.7 Å². The summed E-state index contributed by atoms with van der Waals surface area (Å²) in [7, 11) is 0. The molecular formula is C18H21F2N5O2. The third-order valence-electron chi connectivity index (χ3n) is 4.93. The number of rotatable bonds is 6. The molecule has 1 atom stereocenters. The minimum absolute atomic E-state index is 0.0422. The highest BCUT2D eigenvalue weighted by Crippen LogP contribution is 2.49. The second-order valence-corrected chi connectivity index (χ2v) is 7.00. The number of hydrogen-bond donors (Lipinski definition) is 2. The van der Waals surface area contributed by atoms with Gasteiger partial charge in [-0.3, -0.25) is 10.1 Å². The standard InChI is InChI=1S/C18H21F2N5O2/c19-18(20)7-12(18)10-25-9-11(8-24-25)16(22)15-14(21)1-4-23-17(15)27-13-2-5-26-6-3-13/h1,4,8-9,12-13,22H,2-3,5-7,10H2,(H2,21,23). The Balaban J connectivity index is 1.53. The van der Waals surface area contributed by atoms with E-state index in [1.165, 1.54) is 10.9 Å². The molecule has 0 spiro atoms. The molecule has 27 heavy (non-hydrogen) atoms. The number of ether oxygens (including phenoxy) is 2. The third kappa shape index (κ3) is 3.78. The number of nitrogens with two attached hydrogens (primary N) is 1. The normalized spacial score (nSPS) is 21.8. The molecule has 0 aromatic carbocycles. The molecule has 0 radical (unpaired) electrons. The Hall–Kier alpha value is -2.55. The molecule has 4 rings (SSSR count). The van der Waals surface area contributed by atoms with Gasteiger partial charge in [0.05, 0.1) is 30.7 Å². The fourth-order valence-electron chi connectivity index (χ4n) is 3.18. The maximum Gasteiger partial charge on any atom is 0.253 e. The van der Waals surface area contributed by atoms with Crippen molar-refractivity contribution in [3.8, 4) is 5.88 Å². The van der Waals surface area contributed by atoms with Gasteiger partial charge in [-0.1, -0.05) is 0 Å². The summed E-state index contributed by atoms with van der Waals surface area (Å²) in [6.07, 6.45) is 5.94. The maximum atomic E-state index is 13.1. The minimum atomic E-state index is -2.60. The molecule has 7 nitrogen and oxygen atoms in total. The van der Waals surface area contributed by atoms with Crippen LogP contribution in [0.2, 0.25) is 0 Å². The van der Waals surface area contributed by atoms with Gasteiger partial charge < -0.3 is 15.2 Å². The molecule has 0 amide bonds. The van der Waals surface area contributed by atoms with Crippen LogP contribution in [-0.2, 0) is 11.3 Å². The lowest BCUT2D eigenvalue weighted by atomic mass is 10.0. The van der Waals surface area contributed by atoms with Gasteiger partial charge in [-0.2, -0.15) is 5.10 Å². The first-order valence-corrected chi connectivity index (χ1v) is 8.92. The van der Waals surface area contributed by atoms with Crippen molar-refractivity contribution >= 4 is 11.4 Å². The minimum Gasteiger partial charge on any atom is -0.474 e. The maximum absolute atomic E-state index is 13.1. The van der Waals surface area contributed by atoms with E-state index in [1.54, 1.807) is 18.5 Å². The number of hydrogen-bond acceptors (Lipinski definition) is 6. The number of halogens is 2. The van der Waals surface area contributed by atoms with Crippen molar-refractivity contribution in [2.45, 2.75) is 37.8 Å². The lowest BCUT2D eigenvalue weighted by Gasteiger charge is -2.24. The van der Waals surface area contributed by atoms with Crippen molar-refractivity contribution in [3.63, 3.8) is 0 Å². The van der Waals surface area contributed by atoms with Crippen LogP contribution in [0.4, 0.5) is 14.5 Å². The second kappa shape index (κ2) is 6.88. The van der Waals surface area contributed by atoms with Crippen LogP contribution in [0.25, 0.3) is 0 Å². The fourth-order valence-corrected chi connectivity index (χ4v) is 3.18. The molecule has 9 heteroatoms. The van der Waals surface area contributed by atoms with Gasteiger partial charge >= 0.3 is 0 Å². The van der Waals surface area contributed by atoms with Crippen LogP contribution in [0.5, 0.6) is 5.88 Å². The summed E-state index contributed by atoms with van der Waals surface area (Å²) in [4.78, 5) is 4.25. The highest BCUT2D eigenvalue weighted by molar-refractivity contribution is 6.15. The number of pyridine rings is 1. The quantitative estimate of drug-likeness (QED) is 0.754. The van der Waals surface area contributed by atoms with Gasteiger partial charge in [0, 0.05) is 55.4 Å². The fraction of sp³-hybridized carbons (Fsp3) is 0.500. The van der Waals surface area contributed by atoms with Crippen LogP contribution < -0.4 is 10.5 Å². The zero-order chi connectivity index (χ0) is 19.0. The van der Waals surface area contributed by atoms with E-state index in [2.05, 4.69) is 10.1 Å². The number of nitrogens with one attached hydrogen (secondary N) is 1. The van der Waals surface area contributed by atoms with Crippen molar-refractivity contribution in [2.24, 2.45) is 5.92 Å². The molecule has 1 aliphatic heterocycles. The lowest BCUT2D eigenvalue weighted by molar-refractivity contribution is 0.0237. The molecule has 1 unspecified atom stereocenters. The molecule has 144 valence electrons. The first-order valence-electron chi connectivity index (χ1n) is 8.92. The largest absolute Gasteiger partial charge is 0.474 e. The van der Waals surface area contributed by atoms with Gasteiger partial charge in [-0.25, -0.2) is 13.8 Å². The van der Waals surface area contributed by atoms with E-state index in [0.29, 0.717) is 35.9 Å². The molecule has 3 N–H and O–H groups in total. The Bertz CT molecular complexity index is 848. The van der Waals surface area contributed by atoms with Crippen LogP contribution >= 0.6 is 0 Å². The van der Waals surface area contributed by atoms with Gasteiger partial charge in [0.25, 0.3) is 5.92 Å². The molecular weight excluding hydrogens is 356 g/mol. The first kappa shape index (κ1) is 17.8. The zero-order valence-corrected chi connectivity index (χ0v) is 14.7. The summed E-state index contributed by atoms with van der Waals surface area (Å²) in [6.45, 7) is 1.38. The number of alkyl halides is 2. The van der Waals surface area contributed by atoms with Crippen LogP contribution in [0.3, 0.4) is 0 Å². The Morgan fingerprint density at radius 3 is 2.85 bits per heavy atom. The summed E-state index contributed by atoms with van der Waals surface area (Å²) < 4.78 is 39.0. The number of anilines is 1. The van der Waals surface area contributed by atoms with Crippen LogP contribution in [0.1, 0.15) is 30.4 Å². The topological polar surface area (TPSA) is 99.0 Å². The number of aromatic nitrogens is 3. The highest BCUT2D eigenvalue weighted by Gasteiger charge is 2.56. The van der Waals surface area contributed by atoms with Gasteiger partial charge in [-0.15, -0.1) is 0 Å². The summed E-state index contributed by atoms with van der Waals surface area (Å²) in [6, 6.07) is 1.61. The molecule has 2 aromatic heterocycles. The monoisotopic (exact) mass is 377 g/mol. The van der Waals surface area contributed by atoms with E-state index in [0.717, 1.165) is 12.8 Å². The van der Waals surface area contributed by atoms with Gasteiger partial charge in [0.2, 0.25) is 5.88 Å². The Labute approximate surface area is 155 Å². The Morgan fingerprint density at radius 1 is 1.41 bits per heavy atom. The predicted molar refractivity (Wildman–Crippen MR) is 94.3 cm³/mol. The third-order valence-corrected chi connectivity index (χ3v) is 4.93. The van der Waals surface area contributed by atoms with Crippen molar-refractivity contribution in [3.05, 3.63) is 35.8 Å². The molecule has 1 saturated heterocycles. The average molecular weight is 377 g/mol. The number of nitrogen functional groups attached to an aromatic ring is 1. The molecule has 2 aromatic rings. The average Bonchev–Trinajstić information content (AvgIpc) is 3.03. The zero-order valence-electron chi connectivity index (χ0n) is 14.7. The predicted octanol–water partition coefficient (Wildman–Crippen LogP) is 2.49. The van der Waals surface area contributed by atoms with Crippen LogP contribution in [0.15, 0.2) is 24.7 Å². The molecule has 1 aliphatic carbocycles. The second-order valence-electron chi connectivity index (χ2n) is 7.00. The van der Waals surface area contributed by atoms with Gasteiger partial charge in [-0.05, 0) is 6.07 Å². The van der Waals surface area contributed by atoms with E-state index < -0.39 is 11.8 Å². The summed E-state index contributed by atoms with van der Waals surface area (Å²) in [5.74, 6) is -2.98. The summed E-state index contributed by atoms with van der Waals surface area (Å²) >= 11 is 0. The lowest BCUT2D eigenvalue weighted by Crippen LogP contribution is -2.27. The Kier molecular flexibility index (Phi) is 4.55. The van der Waals surface area contributed by atoms with E-state index in [4.69, 9.17) is 20.6 Å². The van der Waals surface area contributed by atoms with Crippen molar-refractivity contribution in [2.75, 3.05) is 18.9 Å². The smallest absolute Gasteiger partial charge is 0.253 e. The van der Waals surface area contributed by atoms with E-state index >= 15 is 0 Å². The number of nitrogens with zero attached hydrogens (tertiary/aromatic N) is 3. The Morgan fingerprint density at radius 2 is 2.15 bits per heavy atom. The van der Waals surface area contributed by atoms with Gasteiger partial charge in [0.15, 0.2) is 0 Å². The summed E-state index contributed by atoms with van der Waals surface area (Å²) in [5.41, 5.74) is 7.44. The molecule has 0 bridgehead atoms. The van der Waals surface area contributed by atoms with E-state index in [9.17, 15) is 8.78 Å². The summed E-state index contributed by atoms with van der Waals surface area (Å²) in [5, 5.41) is 12.6. The van der Waals surface area contributed by atoms with Gasteiger partial charge in [0.1, 0.15) is 6.10 Å². The van der Waals surface area contributed by atoms with Crippen LogP contribution in [0, 0.1) is 11.3 Å². The van der Waals surface area contributed by atoms with E-state index in [-0.39, 0.29) is 24.8 Å². The van der Waals surface area contributed by atoms with Crippen molar-refractivity contribution in [1.82, 2.24) is 14.8 Å². The molecule has 3 heterocycles. The van der Waals surface area contributed by atoms with Crippen molar-refractivity contribution < 1.29 is 18.3 Å². The highest BCUT2D eigenvalue weighted by atomic mass is 19.3. The SMILES string of the molecule is N=C(c1cnn(CC2CC2(F)F)c1)c1c(N)ccnc1OC1CCOCC1. The molecule has 1 saturated carbocycles. The van der Waals surface area contributed by atoms with E-state index in [1.807, 2.05) is 0 Å². The first-order chi connectivity index (χ1) is 12.9.